The van der Waals surface area contributed by atoms with Crippen molar-refractivity contribution in [1.29, 1.82) is 0 Å². The number of ether oxygens (including phenoxy) is 2. The number of pyridine rings is 1. The Morgan fingerprint density at radius 2 is 2.19 bits per heavy atom. The molecule has 0 saturated heterocycles. The van der Waals surface area contributed by atoms with Crippen molar-refractivity contribution in [3.63, 3.8) is 0 Å². The molecule has 0 fully saturated rings. The van der Waals surface area contributed by atoms with Gasteiger partial charge in [-0.25, -0.2) is 4.98 Å². The van der Waals surface area contributed by atoms with Crippen molar-refractivity contribution in [3.8, 4) is 5.88 Å². The van der Waals surface area contributed by atoms with Gasteiger partial charge in [-0.1, -0.05) is 6.92 Å². The molecule has 0 amide bonds. The van der Waals surface area contributed by atoms with Gasteiger partial charge in [0.1, 0.15) is 6.61 Å². The van der Waals surface area contributed by atoms with E-state index >= 15 is 0 Å². The summed E-state index contributed by atoms with van der Waals surface area (Å²) in [6.07, 6.45) is 2.80. The van der Waals surface area contributed by atoms with Gasteiger partial charge in [-0.3, -0.25) is 0 Å². The van der Waals surface area contributed by atoms with E-state index in [9.17, 15) is 0 Å². The maximum atomic E-state index is 5.48. The van der Waals surface area contributed by atoms with E-state index in [2.05, 4.69) is 17.2 Å². The third-order valence-electron chi connectivity index (χ3n) is 2.01. The minimum Gasteiger partial charge on any atom is -0.475 e. The van der Waals surface area contributed by atoms with Crippen LogP contribution in [0.5, 0.6) is 5.88 Å². The quantitative estimate of drug-likeness (QED) is 0.681. The lowest BCUT2D eigenvalue weighted by Crippen LogP contribution is -2.09. The minimum atomic E-state index is 0.552. The fourth-order valence-corrected chi connectivity index (χ4v) is 1.30. The van der Waals surface area contributed by atoms with Gasteiger partial charge >= 0.3 is 0 Å². The summed E-state index contributed by atoms with van der Waals surface area (Å²) in [6.45, 7) is 4.87. The number of nitrogens with zero attached hydrogens (tertiary/aromatic N) is 1. The second-order valence-electron chi connectivity index (χ2n) is 3.49. The highest BCUT2D eigenvalue weighted by Gasteiger charge is 1.97. The molecule has 4 heteroatoms. The SMILES string of the molecule is CCCOCCOc1cc(CNC)ccn1. The second kappa shape index (κ2) is 8.07. The number of hydrogen-bond acceptors (Lipinski definition) is 4. The summed E-state index contributed by atoms with van der Waals surface area (Å²) in [5, 5.41) is 3.09. The number of aromatic nitrogens is 1. The van der Waals surface area contributed by atoms with Gasteiger partial charge in [0.2, 0.25) is 5.88 Å². The Kier molecular flexibility index (Phi) is 6.53. The lowest BCUT2D eigenvalue weighted by atomic mass is 10.3. The van der Waals surface area contributed by atoms with E-state index in [1.165, 1.54) is 5.56 Å². The molecule has 90 valence electrons. The molecule has 0 radical (unpaired) electrons. The van der Waals surface area contributed by atoms with Crippen LogP contribution < -0.4 is 10.1 Å². The van der Waals surface area contributed by atoms with Crippen LogP contribution in [-0.2, 0) is 11.3 Å². The predicted molar refractivity (Wildman–Crippen MR) is 63.6 cm³/mol. The van der Waals surface area contributed by atoms with E-state index in [1.807, 2.05) is 19.2 Å². The molecule has 0 unspecified atom stereocenters. The van der Waals surface area contributed by atoms with Gasteiger partial charge in [-0.2, -0.15) is 0 Å². The average molecular weight is 224 g/mol. The van der Waals surface area contributed by atoms with Crippen LogP contribution in [0.3, 0.4) is 0 Å². The normalized spacial score (nSPS) is 10.4. The van der Waals surface area contributed by atoms with Crippen molar-refractivity contribution in [2.75, 3.05) is 26.9 Å². The minimum absolute atomic E-state index is 0.552. The van der Waals surface area contributed by atoms with Gasteiger partial charge in [0.05, 0.1) is 6.61 Å². The van der Waals surface area contributed by atoms with Crippen LogP contribution in [0, 0.1) is 0 Å². The third-order valence-corrected chi connectivity index (χ3v) is 2.01. The smallest absolute Gasteiger partial charge is 0.213 e. The molecule has 1 rings (SSSR count). The molecule has 0 bridgehead atoms. The van der Waals surface area contributed by atoms with E-state index in [0.29, 0.717) is 19.1 Å². The second-order valence-corrected chi connectivity index (χ2v) is 3.49. The van der Waals surface area contributed by atoms with Gasteiger partial charge in [-0.15, -0.1) is 0 Å². The molecule has 0 aliphatic rings. The molecule has 0 aliphatic carbocycles. The summed E-state index contributed by atoms with van der Waals surface area (Å²) in [5.74, 6) is 0.660. The third kappa shape index (κ3) is 5.09. The van der Waals surface area contributed by atoms with Crippen LogP contribution in [0.1, 0.15) is 18.9 Å². The standard InChI is InChI=1S/C12H20N2O2/c1-3-6-15-7-8-16-12-9-11(10-13-2)4-5-14-12/h4-5,9,13H,3,6-8,10H2,1-2H3. The first-order valence-electron chi connectivity index (χ1n) is 5.67. The lowest BCUT2D eigenvalue weighted by molar-refractivity contribution is 0.0990. The lowest BCUT2D eigenvalue weighted by Gasteiger charge is -2.07. The zero-order valence-electron chi connectivity index (χ0n) is 10.0. The van der Waals surface area contributed by atoms with Gasteiger partial charge in [0, 0.05) is 25.4 Å². The molecule has 0 aromatic carbocycles. The van der Waals surface area contributed by atoms with Gasteiger partial charge in [-0.05, 0) is 25.1 Å². The number of hydrogen-bond donors (Lipinski definition) is 1. The molecule has 0 atom stereocenters. The Balaban J connectivity index is 2.27. The Bertz CT molecular complexity index is 292. The van der Waals surface area contributed by atoms with Gasteiger partial charge in [0.25, 0.3) is 0 Å². The first kappa shape index (κ1) is 12.9. The summed E-state index contributed by atoms with van der Waals surface area (Å²) in [6, 6.07) is 3.91. The molecule has 0 aliphatic heterocycles. The van der Waals surface area contributed by atoms with E-state index in [1.54, 1.807) is 6.20 Å². The molecule has 1 N–H and O–H groups in total. The summed E-state index contributed by atoms with van der Waals surface area (Å²) >= 11 is 0. The van der Waals surface area contributed by atoms with Crippen molar-refractivity contribution in [2.45, 2.75) is 19.9 Å². The number of nitrogens with one attached hydrogen (secondary N) is 1. The molecule has 0 saturated carbocycles. The van der Waals surface area contributed by atoms with Crippen LogP contribution in [-0.4, -0.2) is 31.9 Å². The first-order chi connectivity index (χ1) is 7.86. The first-order valence-corrected chi connectivity index (χ1v) is 5.67. The van der Waals surface area contributed by atoms with Crippen LogP contribution in [0.4, 0.5) is 0 Å². The van der Waals surface area contributed by atoms with Crippen molar-refractivity contribution >= 4 is 0 Å². The summed E-state index contributed by atoms with van der Waals surface area (Å²) in [5.41, 5.74) is 1.17. The van der Waals surface area contributed by atoms with E-state index in [4.69, 9.17) is 9.47 Å². The molecular formula is C12H20N2O2. The van der Waals surface area contributed by atoms with Crippen molar-refractivity contribution < 1.29 is 9.47 Å². The molecule has 1 aromatic heterocycles. The topological polar surface area (TPSA) is 43.4 Å². The fraction of sp³-hybridized carbons (Fsp3) is 0.583. The van der Waals surface area contributed by atoms with E-state index < -0.39 is 0 Å². The summed E-state index contributed by atoms with van der Waals surface area (Å²) in [7, 11) is 1.92. The van der Waals surface area contributed by atoms with Crippen molar-refractivity contribution in [3.05, 3.63) is 23.9 Å². The Morgan fingerprint density at radius 1 is 1.31 bits per heavy atom. The summed E-state index contributed by atoms with van der Waals surface area (Å²) < 4.78 is 10.8. The summed E-state index contributed by atoms with van der Waals surface area (Å²) in [4.78, 5) is 4.13. The van der Waals surface area contributed by atoms with Gasteiger partial charge in [0.15, 0.2) is 0 Å². The molecule has 0 spiro atoms. The Morgan fingerprint density at radius 3 is 2.94 bits per heavy atom. The zero-order chi connectivity index (χ0) is 11.6. The molecule has 1 heterocycles. The van der Waals surface area contributed by atoms with Crippen molar-refractivity contribution in [2.24, 2.45) is 0 Å². The Labute approximate surface area is 97.0 Å². The number of rotatable bonds is 8. The molecule has 1 aromatic rings. The predicted octanol–water partition coefficient (Wildman–Crippen LogP) is 1.61. The highest BCUT2D eigenvalue weighted by molar-refractivity contribution is 5.20. The monoisotopic (exact) mass is 224 g/mol. The van der Waals surface area contributed by atoms with Crippen LogP contribution in [0.25, 0.3) is 0 Å². The average Bonchev–Trinajstić information content (AvgIpc) is 2.30. The van der Waals surface area contributed by atoms with Crippen LogP contribution in [0.15, 0.2) is 18.3 Å². The van der Waals surface area contributed by atoms with E-state index in [0.717, 1.165) is 19.6 Å². The Hall–Kier alpha value is -1.13. The van der Waals surface area contributed by atoms with Crippen molar-refractivity contribution in [1.82, 2.24) is 10.3 Å². The maximum absolute atomic E-state index is 5.48. The molecular weight excluding hydrogens is 204 g/mol. The van der Waals surface area contributed by atoms with Crippen LogP contribution in [0.2, 0.25) is 0 Å². The maximum Gasteiger partial charge on any atom is 0.213 e. The zero-order valence-corrected chi connectivity index (χ0v) is 10.0. The molecule has 16 heavy (non-hydrogen) atoms. The van der Waals surface area contributed by atoms with E-state index in [-0.39, 0.29) is 0 Å². The van der Waals surface area contributed by atoms with Gasteiger partial charge < -0.3 is 14.8 Å². The highest BCUT2D eigenvalue weighted by atomic mass is 16.5. The fourth-order valence-electron chi connectivity index (χ4n) is 1.30. The molecule has 4 nitrogen and oxygen atoms in total. The van der Waals surface area contributed by atoms with Crippen LogP contribution >= 0.6 is 0 Å². The largest absolute Gasteiger partial charge is 0.475 e. The highest BCUT2D eigenvalue weighted by Crippen LogP contribution is 2.08.